The molecule has 1 aliphatic carbocycles. The van der Waals surface area contributed by atoms with Crippen LogP contribution < -0.4 is 0 Å². The summed E-state index contributed by atoms with van der Waals surface area (Å²) >= 11 is 0. The first-order chi connectivity index (χ1) is 7.37. The van der Waals surface area contributed by atoms with Crippen LogP contribution in [0.2, 0.25) is 0 Å². The van der Waals surface area contributed by atoms with Gasteiger partial charge in [0.1, 0.15) is 0 Å². The van der Waals surface area contributed by atoms with E-state index in [2.05, 4.69) is 0 Å². The summed E-state index contributed by atoms with van der Waals surface area (Å²) in [6.07, 6.45) is -2.70. The van der Waals surface area contributed by atoms with Gasteiger partial charge in [0.15, 0.2) is 0 Å². The first kappa shape index (κ1) is 11.5. The lowest BCUT2D eigenvalue weighted by molar-refractivity contribution is -0.137. The van der Waals surface area contributed by atoms with Gasteiger partial charge in [0.25, 0.3) is 0 Å². The van der Waals surface area contributed by atoms with Gasteiger partial charge in [-0.05, 0) is 37.5 Å². The molecule has 1 aliphatic rings. The van der Waals surface area contributed by atoms with Crippen molar-refractivity contribution in [2.24, 2.45) is 0 Å². The topological polar surface area (TPSA) is 9.23 Å². The molecule has 0 amide bonds. The van der Waals surface area contributed by atoms with Crippen LogP contribution in [0, 0.1) is 6.92 Å². The molecule has 0 bridgehead atoms. The number of halogens is 3. The Hall–Kier alpha value is -1.03. The fourth-order valence-electron chi connectivity index (χ4n) is 1.93. The number of ether oxygens (including phenoxy) is 1. The molecule has 0 aromatic heterocycles. The van der Waals surface area contributed by atoms with Crippen molar-refractivity contribution in [2.45, 2.75) is 31.5 Å². The minimum Gasteiger partial charge on any atom is -0.374 e. The Morgan fingerprint density at radius 2 is 1.81 bits per heavy atom. The Balaban J connectivity index is 2.45. The number of benzene rings is 1. The molecule has 1 nitrogen and oxygen atoms in total. The van der Waals surface area contributed by atoms with Crippen molar-refractivity contribution in [3.05, 3.63) is 34.9 Å². The maximum atomic E-state index is 12.6. The smallest absolute Gasteiger partial charge is 0.374 e. The normalized spacial score (nSPS) is 18.6. The van der Waals surface area contributed by atoms with Crippen LogP contribution in [0.15, 0.2) is 18.2 Å². The molecule has 1 aromatic rings. The lowest BCUT2D eigenvalue weighted by Gasteiger charge is -2.17. The van der Waals surface area contributed by atoms with Crippen molar-refractivity contribution in [3.8, 4) is 0 Å². The molecule has 0 N–H and O–H groups in total. The zero-order chi connectivity index (χ0) is 12.0. The SMILES string of the molecule is COC1(c2cc(C)cc(C(F)(F)F)c2)CC1. The Kier molecular flexibility index (Phi) is 2.49. The summed E-state index contributed by atoms with van der Waals surface area (Å²) in [5.41, 5.74) is 0.202. The predicted octanol–water partition coefficient (Wildman–Crippen LogP) is 3.65. The molecular weight excluding hydrogens is 217 g/mol. The largest absolute Gasteiger partial charge is 0.416 e. The molecule has 0 atom stereocenters. The van der Waals surface area contributed by atoms with Crippen LogP contribution in [0.4, 0.5) is 13.2 Å². The molecule has 88 valence electrons. The van der Waals surface area contributed by atoms with E-state index in [4.69, 9.17) is 4.74 Å². The maximum Gasteiger partial charge on any atom is 0.416 e. The van der Waals surface area contributed by atoms with Gasteiger partial charge in [-0.25, -0.2) is 0 Å². The van der Waals surface area contributed by atoms with E-state index in [9.17, 15) is 13.2 Å². The van der Waals surface area contributed by atoms with E-state index >= 15 is 0 Å². The molecule has 4 heteroatoms. The fourth-order valence-corrected chi connectivity index (χ4v) is 1.93. The number of rotatable bonds is 2. The van der Waals surface area contributed by atoms with Crippen LogP contribution in [0.5, 0.6) is 0 Å². The van der Waals surface area contributed by atoms with E-state index in [1.807, 2.05) is 0 Å². The first-order valence-corrected chi connectivity index (χ1v) is 5.12. The highest BCUT2D eigenvalue weighted by Crippen LogP contribution is 2.49. The minimum atomic E-state index is -4.29. The molecule has 0 unspecified atom stereocenters. The molecule has 0 heterocycles. The van der Waals surface area contributed by atoms with Crippen LogP contribution in [-0.4, -0.2) is 7.11 Å². The van der Waals surface area contributed by atoms with E-state index in [0.29, 0.717) is 11.1 Å². The van der Waals surface area contributed by atoms with Gasteiger partial charge in [-0.1, -0.05) is 11.6 Å². The number of aryl methyl sites for hydroxylation is 1. The molecule has 0 saturated heterocycles. The van der Waals surface area contributed by atoms with Crippen molar-refractivity contribution in [1.29, 1.82) is 0 Å². The summed E-state index contributed by atoms with van der Waals surface area (Å²) in [7, 11) is 1.54. The van der Waals surface area contributed by atoms with Gasteiger partial charge in [0.2, 0.25) is 0 Å². The lowest BCUT2D eigenvalue weighted by atomic mass is 10.0. The van der Waals surface area contributed by atoms with E-state index in [-0.39, 0.29) is 0 Å². The maximum absolute atomic E-state index is 12.6. The Morgan fingerprint density at radius 3 is 2.25 bits per heavy atom. The average molecular weight is 230 g/mol. The van der Waals surface area contributed by atoms with E-state index < -0.39 is 17.3 Å². The summed E-state index contributed by atoms with van der Waals surface area (Å²) < 4.78 is 43.1. The summed E-state index contributed by atoms with van der Waals surface area (Å²) in [4.78, 5) is 0. The van der Waals surface area contributed by atoms with Crippen LogP contribution in [0.3, 0.4) is 0 Å². The van der Waals surface area contributed by atoms with Crippen molar-refractivity contribution in [2.75, 3.05) is 7.11 Å². The summed E-state index contributed by atoms with van der Waals surface area (Å²) in [5, 5.41) is 0. The molecule has 0 spiro atoms. The van der Waals surface area contributed by atoms with E-state index in [0.717, 1.165) is 18.9 Å². The van der Waals surface area contributed by atoms with E-state index in [1.54, 1.807) is 20.1 Å². The number of hydrogen-bond acceptors (Lipinski definition) is 1. The number of hydrogen-bond donors (Lipinski definition) is 0. The third kappa shape index (κ3) is 1.94. The molecule has 1 aromatic carbocycles. The molecule has 0 aliphatic heterocycles. The van der Waals surface area contributed by atoms with Gasteiger partial charge >= 0.3 is 6.18 Å². The summed E-state index contributed by atoms with van der Waals surface area (Å²) in [6.45, 7) is 1.67. The van der Waals surface area contributed by atoms with Gasteiger partial charge in [-0.15, -0.1) is 0 Å². The highest BCUT2D eigenvalue weighted by molar-refractivity contribution is 5.37. The Bertz CT molecular complexity index is 405. The quantitative estimate of drug-likeness (QED) is 0.753. The highest BCUT2D eigenvalue weighted by Gasteiger charge is 2.45. The second-order valence-electron chi connectivity index (χ2n) is 4.28. The zero-order valence-electron chi connectivity index (χ0n) is 9.19. The third-order valence-electron chi connectivity index (χ3n) is 3.03. The number of alkyl halides is 3. The van der Waals surface area contributed by atoms with Crippen molar-refractivity contribution in [3.63, 3.8) is 0 Å². The number of methoxy groups -OCH3 is 1. The molecule has 2 rings (SSSR count). The van der Waals surface area contributed by atoms with Crippen molar-refractivity contribution < 1.29 is 17.9 Å². The molecule has 16 heavy (non-hydrogen) atoms. The van der Waals surface area contributed by atoms with Crippen LogP contribution in [-0.2, 0) is 16.5 Å². The van der Waals surface area contributed by atoms with Crippen molar-refractivity contribution in [1.82, 2.24) is 0 Å². The Labute approximate surface area is 92.2 Å². The third-order valence-corrected chi connectivity index (χ3v) is 3.03. The second kappa shape index (κ2) is 3.48. The fraction of sp³-hybridized carbons (Fsp3) is 0.500. The van der Waals surface area contributed by atoms with E-state index in [1.165, 1.54) is 6.07 Å². The van der Waals surface area contributed by atoms with Gasteiger partial charge in [-0.3, -0.25) is 0 Å². The van der Waals surface area contributed by atoms with Gasteiger partial charge < -0.3 is 4.74 Å². The summed E-state index contributed by atoms with van der Waals surface area (Å²) in [6, 6.07) is 4.13. The van der Waals surface area contributed by atoms with Crippen molar-refractivity contribution >= 4 is 0 Å². The first-order valence-electron chi connectivity index (χ1n) is 5.12. The minimum absolute atomic E-state index is 0.466. The second-order valence-corrected chi connectivity index (χ2v) is 4.28. The summed E-state index contributed by atoms with van der Waals surface area (Å²) in [5.74, 6) is 0. The van der Waals surface area contributed by atoms with Crippen LogP contribution in [0.1, 0.15) is 29.5 Å². The average Bonchev–Trinajstić information content (AvgIpc) is 2.96. The highest BCUT2D eigenvalue weighted by atomic mass is 19.4. The van der Waals surface area contributed by atoms with Crippen LogP contribution in [0.25, 0.3) is 0 Å². The van der Waals surface area contributed by atoms with Gasteiger partial charge in [-0.2, -0.15) is 13.2 Å². The monoisotopic (exact) mass is 230 g/mol. The lowest BCUT2D eigenvalue weighted by Crippen LogP contribution is -2.12. The van der Waals surface area contributed by atoms with Gasteiger partial charge in [0, 0.05) is 7.11 Å². The zero-order valence-corrected chi connectivity index (χ0v) is 9.19. The molecule has 1 saturated carbocycles. The standard InChI is InChI=1S/C12H13F3O/c1-8-5-9(11(16-2)3-4-11)7-10(6-8)12(13,14)15/h5-7H,3-4H2,1-2H3. The Morgan fingerprint density at radius 1 is 1.19 bits per heavy atom. The predicted molar refractivity (Wildman–Crippen MR) is 54.1 cm³/mol. The molecule has 1 fully saturated rings. The molecule has 0 radical (unpaired) electrons. The van der Waals surface area contributed by atoms with Crippen LogP contribution >= 0.6 is 0 Å². The van der Waals surface area contributed by atoms with Gasteiger partial charge in [0.05, 0.1) is 11.2 Å². The molecular formula is C12H13F3O.